The van der Waals surface area contributed by atoms with Gasteiger partial charge in [0, 0.05) is 30.6 Å². The Labute approximate surface area is 271 Å². The second-order valence-corrected chi connectivity index (χ2v) is 10.9. The summed E-state index contributed by atoms with van der Waals surface area (Å²) in [4.78, 5) is 40.6. The van der Waals surface area contributed by atoms with Gasteiger partial charge in [-0.05, 0) is 56.0 Å². The van der Waals surface area contributed by atoms with Crippen LogP contribution in [0, 0.1) is 17.0 Å². The van der Waals surface area contributed by atoms with Crippen LogP contribution in [0.2, 0.25) is 0 Å². The number of aliphatic hydroxyl groups is 1. The minimum Gasteiger partial charge on any atom is -0.483 e. The highest BCUT2D eigenvalue weighted by Crippen LogP contribution is 2.31. The van der Waals surface area contributed by atoms with E-state index >= 15 is 0 Å². The van der Waals surface area contributed by atoms with Crippen molar-refractivity contribution in [3.8, 4) is 22.5 Å². The fraction of sp³-hybridized carbons (Fsp3) is 0.419. The van der Waals surface area contributed by atoms with Gasteiger partial charge in [0.05, 0.1) is 18.9 Å². The monoisotopic (exact) mass is 653 g/mol. The van der Waals surface area contributed by atoms with Gasteiger partial charge in [-0.25, -0.2) is 9.78 Å². The predicted octanol–water partition coefficient (Wildman–Crippen LogP) is 4.71. The molecule has 252 valence electrons. The molecule has 4 rings (SSSR count). The number of carbonyl (C=O) groups is 2. The van der Waals surface area contributed by atoms with E-state index < -0.39 is 23.1 Å². The zero-order valence-corrected chi connectivity index (χ0v) is 26.9. The van der Waals surface area contributed by atoms with Crippen molar-refractivity contribution in [2.24, 2.45) is 0 Å². The molecule has 0 aliphatic rings. The number of imidazole rings is 1. The molecule has 4 aromatic rings. The molecule has 0 amide bonds. The first-order chi connectivity index (χ1) is 22.4. The number of carbonyl (C=O) groups excluding carboxylic acids is 1. The van der Waals surface area contributed by atoms with Crippen molar-refractivity contribution in [1.29, 1.82) is 0 Å². The predicted molar refractivity (Wildman–Crippen MR) is 167 cm³/mol. The summed E-state index contributed by atoms with van der Waals surface area (Å²) >= 11 is 0. The van der Waals surface area contributed by atoms with Crippen molar-refractivity contribution in [3.05, 3.63) is 81.4 Å². The molecule has 2 aromatic carbocycles. The topological polar surface area (TPSA) is 207 Å². The Hall–Kier alpha value is -5.38. The molecule has 0 bridgehead atoms. The molecule has 2 heterocycles. The van der Waals surface area contributed by atoms with Crippen LogP contribution < -0.4 is 0 Å². The summed E-state index contributed by atoms with van der Waals surface area (Å²) in [5.41, 5.74) is 4.34. The number of benzene rings is 2. The van der Waals surface area contributed by atoms with Crippen LogP contribution in [0.3, 0.4) is 0 Å². The summed E-state index contributed by atoms with van der Waals surface area (Å²) in [5, 5.41) is 39.4. The Balaban J connectivity index is 0.00000192. The lowest BCUT2D eigenvalue weighted by Crippen LogP contribution is -2.18. The number of ether oxygens (including phenoxy) is 2. The zero-order chi connectivity index (χ0) is 34.6. The van der Waals surface area contributed by atoms with Crippen LogP contribution in [0.15, 0.2) is 48.5 Å². The number of nitrogens with zero attached hydrogens (tertiary/aromatic N) is 7. The zero-order valence-electron chi connectivity index (χ0n) is 26.9. The second kappa shape index (κ2) is 16.8. The Morgan fingerprint density at radius 3 is 2.40 bits per heavy atom. The minimum absolute atomic E-state index is 0.106. The molecule has 1 atom stereocenters. The molecule has 16 nitrogen and oxygen atoms in total. The molecular formula is C31H39N7O9. The van der Waals surface area contributed by atoms with Crippen LogP contribution in [0.1, 0.15) is 69.5 Å². The highest BCUT2D eigenvalue weighted by Gasteiger charge is 2.25. The average Bonchev–Trinajstić information content (AvgIpc) is 3.63. The first-order valence-electron chi connectivity index (χ1n) is 14.8. The summed E-state index contributed by atoms with van der Waals surface area (Å²) in [6.07, 6.45) is 0.0326. The standard InChI is InChI=1S/C30H37N7O7.CH2O2/c1-6-10-26-31-27(30(4,5)39)20(2)35(26)19-22-13-15-23(16-14-22)24-11-7-8-12-25(24)28-32-34-36(33-28)21(3)44-29(38)42-17-9-18-43-37(40)41;2-1-3/h7-8,11-16,21,39H,6,9-10,17-19H2,1-5H3;1H,(H,2,3). The van der Waals surface area contributed by atoms with Gasteiger partial charge in [-0.3, -0.25) is 4.79 Å². The van der Waals surface area contributed by atoms with Gasteiger partial charge in [0.15, 0.2) is 0 Å². The molecule has 0 aliphatic heterocycles. The van der Waals surface area contributed by atoms with E-state index in [-0.39, 0.29) is 26.1 Å². The van der Waals surface area contributed by atoms with Crippen LogP contribution in [0.5, 0.6) is 0 Å². The maximum absolute atomic E-state index is 12.0. The van der Waals surface area contributed by atoms with E-state index in [0.717, 1.165) is 51.4 Å². The fourth-order valence-electron chi connectivity index (χ4n) is 4.76. The van der Waals surface area contributed by atoms with Gasteiger partial charge >= 0.3 is 6.16 Å². The Morgan fingerprint density at radius 2 is 1.79 bits per heavy atom. The average molecular weight is 654 g/mol. The second-order valence-electron chi connectivity index (χ2n) is 10.9. The number of hydrogen-bond acceptors (Lipinski definition) is 12. The molecule has 0 spiro atoms. The smallest absolute Gasteiger partial charge is 0.483 e. The molecule has 47 heavy (non-hydrogen) atoms. The SMILES string of the molecule is CCCc1nc(C(C)(C)O)c(C)n1Cc1ccc(-c2ccccc2-c2nnn(C(C)OC(=O)OCCCO[N+](=O)[O-])n2)cc1.O=CO. The van der Waals surface area contributed by atoms with Crippen molar-refractivity contribution in [2.75, 3.05) is 13.2 Å². The first-order valence-corrected chi connectivity index (χ1v) is 14.8. The molecule has 0 fully saturated rings. The maximum atomic E-state index is 12.0. The van der Waals surface area contributed by atoms with E-state index in [1.165, 1.54) is 0 Å². The van der Waals surface area contributed by atoms with Gasteiger partial charge in [0.25, 0.3) is 11.6 Å². The van der Waals surface area contributed by atoms with E-state index in [2.05, 4.69) is 43.9 Å². The number of aryl methyl sites for hydroxylation is 1. The van der Waals surface area contributed by atoms with Crippen LogP contribution in [-0.2, 0) is 37.7 Å². The highest BCUT2D eigenvalue weighted by atomic mass is 16.9. The van der Waals surface area contributed by atoms with E-state index in [1.54, 1.807) is 20.8 Å². The highest BCUT2D eigenvalue weighted by molar-refractivity contribution is 5.80. The number of rotatable bonds is 14. The first kappa shape index (κ1) is 36.1. The summed E-state index contributed by atoms with van der Waals surface area (Å²) in [7, 11) is 0. The lowest BCUT2D eigenvalue weighted by molar-refractivity contribution is -0.757. The summed E-state index contributed by atoms with van der Waals surface area (Å²) in [6.45, 7) is 9.27. The molecule has 0 aliphatic carbocycles. The summed E-state index contributed by atoms with van der Waals surface area (Å²) in [6, 6.07) is 15.9. The van der Waals surface area contributed by atoms with E-state index in [4.69, 9.17) is 24.4 Å². The molecule has 16 heteroatoms. The van der Waals surface area contributed by atoms with Crippen LogP contribution in [0.4, 0.5) is 4.79 Å². The lowest BCUT2D eigenvalue weighted by Gasteiger charge is -2.16. The Bertz CT molecular complexity index is 1630. The number of carboxylic acid groups (broad SMARTS) is 1. The van der Waals surface area contributed by atoms with Gasteiger partial charge in [-0.15, -0.1) is 25.1 Å². The van der Waals surface area contributed by atoms with Crippen LogP contribution in [0.25, 0.3) is 22.5 Å². The Kier molecular flexibility index (Phi) is 12.9. The summed E-state index contributed by atoms with van der Waals surface area (Å²) < 4.78 is 12.3. The molecule has 0 saturated carbocycles. The number of hydrogen-bond donors (Lipinski definition) is 2. The molecule has 1 unspecified atom stereocenters. The van der Waals surface area contributed by atoms with Gasteiger partial charge < -0.3 is 29.1 Å². The molecule has 2 N–H and O–H groups in total. The number of aromatic nitrogens is 6. The van der Waals surface area contributed by atoms with E-state index in [0.29, 0.717) is 18.1 Å². The van der Waals surface area contributed by atoms with Gasteiger partial charge in [0.2, 0.25) is 12.1 Å². The molecule has 2 aromatic heterocycles. The van der Waals surface area contributed by atoms with Crippen molar-refractivity contribution in [2.45, 2.75) is 72.3 Å². The lowest BCUT2D eigenvalue weighted by atomic mass is 9.98. The van der Waals surface area contributed by atoms with Gasteiger partial charge in [0.1, 0.15) is 11.4 Å². The third-order valence-electron chi connectivity index (χ3n) is 6.85. The summed E-state index contributed by atoms with van der Waals surface area (Å²) in [5.74, 6) is 1.31. The normalized spacial score (nSPS) is 11.6. The van der Waals surface area contributed by atoms with Gasteiger partial charge in [-0.2, -0.15) is 0 Å². The Morgan fingerprint density at radius 1 is 1.13 bits per heavy atom. The molecule has 0 radical (unpaired) electrons. The van der Waals surface area contributed by atoms with Crippen molar-refractivity contribution in [1.82, 2.24) is 29.8 Å². The number of tetrazole rings is 1. The van der Waals surface area contributed by atoms with Crippen LogP contribution in [-0.4, -0.2) is 70.9 Å². The third kappa shape index (κ3) is 10.1. The van der Waals surface area contributed by atoms with Crippen molar-refractivity contribution < 1.29 is 39.2 Å². The third-order valence-corrected chi connectivity index (χ3v) is 6.85. The van der Waals surface area contributed by atoms with Crippen LogP contribution >= 0.6 is 0 Å². The molecular weight excluding hydrogens is 614 g/mol. The van der Waals surface area contributed by atoms with E-state index in [1.807, 2.05) is 43.3 Å². The quantitative estimate of drug-likeness (QED) is 0.0622. The minimum atomic E-state index is -1.02. The van der Waals surface area contributed by atoms with E-state index in [9.17, 15) is 20.0 Å². The van der Waals surface area contributed by atoms with Crippen molar-refractivity contribution >= 4 is 12.6 Å². The molecule has 0 saturated heterocycles. The van der Waals surface area contributed by atoms with Gasteiger partial charge in [-0.1, -0.05) is 55.5 Å². The maximum Gasteiger partial charge on any atom is 0.510 e. The fourth-order valence-corrected chi connectivity index (χ4v) is 4.76. The van der Waals surface area contributed by atoms with Crippen molar-refractivity contribution in [3.63, 3.8) is 0 Å². The largest absolute Gasteiger partial charge is 0.510 e.